The summed E-state index contributed by atoms with van der Waals surface area (Å²) >= 11 is 0. The maximum atomic E-state index is 4.46. The van der Waals surface area contributed by atoms with Gasteiger partial charge < -0.3 is 4.57 Å². The second-order valence-electron chi connectivity index (χ2n) is 5.45. The maximum absolute atomic E-state index is 4.46. The molecule has 2 heterocycles. The number of aromatic nitrogens is 2. The van der Waals surface area contributed by atoms with Crippen molar-refractivity contribution in [2.75, 3.05) is 13.1 Å². The van der Waals surface area contributed by atoms with Crippen LogP contribution in [0.15, 0.2) is 6.20 Å². The van der Waals surface area contributed by atoms with Crippen LogP contribution in [0.1, 0.15) is 57.1 Å². The lowest BCUT2D eigenvalue weighted by Gasteiger charge is -2.22. The minimum Gasteiger partial charge on any atom is -0.329 e. The van der Waals surface area contributed by atoms with Crippen LogP contribution in [0, 0.1) is 6.92 Å². The summed E-state index contributed by atoms with van der Waals surface area (Å²) in [7, 11) is 0. The molecule has 0 saturated carbocycles. The fraction of sp³-hybridized carbons (Fsp3) is 0.786. The highest BCUT2D eigenvalue weighted by Crippen LogP contribution is 2.17. The Hall–Kier alpha value is -0.830. The van der Waals surface area contributed by atoms with Gasteiger partial charge in [-0.1, -0.05) is 12.8 Å². The van der Waals surface area contributed by atoms with Crippen molar-refractivity contribution in [3.05, 3.63) is 17.7 Å². The molecule has 0 aliphatic carbocycles. The topological polar surface area (TPSA) is 21.1 Å². The van der Waals surface area contributed by atoms with E-state index in [1.54, 1.807) is 0 Å². The predicted octanol–water partition coefficient (Wildman–Crippen LogP) is 3.15. The van der Waals surface area contributed by atoms with Gasteiger partial charge in [-0.25, -0.2) is 4.98 Å². The van der Waals surface area contributed by atoms with Crippen LogP contribution in [0.25, 0.3) is 0 Å². The van der Waals surface area contributed by atoms with E-state index in [2.05, 4.69) is 41.4 Å². The first kappa shape index (κ1) is 12.6. The van der Waals surface area contributed by atoms with Gasteiger partial charge in [0.2, 0.25) is 0 Å². The second-order valence-corrected chi connectivity index (χ2v) is 5.45. The monoisotopic (exact) mass is 235 g/mol. The van der Waals surface area contributed by atoms with Gasteiger partial charge >= 0.3 is 0 Å². The molecule has 1 fully saturated rings. The molecule has 1 aromatic rings. The van der Waals surface area contributed by atoms with Crippen LogP contribution in [0.5, 0.6) is 0 Å². The highest BCUT2D eigenvalue weighted by atomic mass is 15.2. The standard InChI is InChI=1S/C14H25N3/c1-12(2)17-13(3)15-10-14(17)11-16-8-6-4-5-7-9-16/h10,12H,4-9,11H2,1-3H3. The molecule has 0 amide bonds. The number of imidazole rings is 1. The maximum Gasteiger partial charge on any atom is 0.105 e. The van der Waals surface area contributed by atoms with Gasteiger partial charge in [0.1, 0.15) is 5.82 Å². The third-order valence-corrected chi connectivity index (χ3v) is 3.66. The van der Waals surface area contributed by atoms with E-state index in [1.165, 1.54) is 44.5 Å². The average molecular weight is 235 g/mol. The van der Waals surface area contributed by atoms with E-state index in [4.69, 9.17) is 0 Å². The Kier molecular flexibility index (Phi) is 4.21. The van der Waals surface area contributed by atoms with Crippen molar-refractivity contribution in [2.45, 2.75) is 59.0 Å². The largest absolute Gasteiger partial charge is 0.329 e. The Balaban J connectivity index is 2.06. The van der Waals surface area contributed by atoms with Crippen LogP contribution in [0.3, 0.4) is 0 Å². The van der Waals surface area contributed by atoms with Crippen LogP contribution >= 0.6 is 0 Å². The Morgan fingerprint density at radius 1 is 1.18 bits per heavy atom. The van der Waals surface area contributed by atoms with Crippen molar-refractivity contribution in [3.8, 4) is 0 Å². The summed E-state index contributed by atoms with van der Waals surface area (Å²) in [6, 6.07) is 0.513. The fourth-order valence-electron chi connectivity index (χ4n) is 2.85. The summed E-state index contributed by atoms with van der Waals surface area (Å²) in [6.45, 7) is 10.1. The number of likely N-dealkylation sites (tertiary alicyclic amines) is 1. The van der Waals surface area contributed by atoms with E-state index < -0.39 is 0 Å². The third-order valence-electron chi connectivity index (χ3n) is 3.66. The Morgan fingerprint density at radius 3 is 2.41 bits per heavy atom. The van der Waals surface area contributed by atoms with Gasteiger partial charge in [-0.3, -0.25) is 4.90 Å². The van der Waals surface area contributed by atoms with Crippen LogP contribution in [0.2, 0.25) is 0 Å². The molecule has 0 spiro atoms. The lowest BCUT2D eigenvalue weighted by atomic mass is 10.2. The Labute approximate surface area is 105 Å². The number of aryl methyl sites for hydroxylation is 1. The van der Waals surface area contributed by atoms with Crippen molar-refractivity contribution in [2.24, 2.45) is 0 Å². The van der Waals surface area contributed by atoms with Crippen LogP contribution in [0.4, 0.5) is 0 Å². The van der Waals surface area contributed by atoms with Gasteiger partial charge in [-0.15, -0.1) is 0 Å². The van der Waals surface area contributed by atoms with Gasteiger partial charge in [0.15, 0.2) is 0 Å². The molecule has 0 unspecified atom stereocenters. The van der Waals surface area contributed by atoms with Crippen molar-refractivity contribution < 1.29 is 0 Å². The Bertz CT molecular complexity index is 346. The summed E-state index contributed by atoms with van der Waals surface area (Å²) in [5.74, 6) is 1.14. The van der Waals surface area contributed by atoms with E-state index in [9.17, 15) is 0 Å². The minimum atomic E-state index is 0.513. The molecule has 0 aromatic carbocycles. The molecule has 3 heteroatoms. The van der Waals surface area contributed by atoms with Crippen molar-refractivity contribution in [1.82, 2.24) is 14.5 Å². The summed E-state index contributed by atoms with van der Waals surface area (Å²) in [6.07, 6.45) is 7.57. The van der Waals surface area contributed by atoms with Crippen LogP contribution in [-0.2, 0) is 6.54 Å². The normalized spacial score (nSPS) is 18.6. The zero-order valence-electron chi connectivity index (χ0n) is 11.4. The molecule has 2 rings (SSSR count). The average Bonchev–Trinajstić information content (AvgIpc) is 2.51. The number of rotatable bonds is 3. The highest BCUT2D eigenvalue weighted by molar-refractivity contribution is 5.06. The molecule has 96 valence electrons. The van der Waals surface area contributed by atoms with E-state index in [1.807, 2.05) is 0 Å². The molecule has 17 heavy (non-hydrogen) atoms. The number of hydrogen-bond donors (Lipinski definition) is 0. The van der Waals surface area contributed by atoms with Crippen LogP contribution < -0.4 is 0 Å². The number of hydrogen-bond acceptors (Lipinski definition) is 2. The highest BCUT2D eigenvalue weighted by Gasteiger charge is 2.14. The van der Waals surface area contributed by atoms with Crippen molar-refractivity contribution >= 4 is 0 Å². The zero-order chi connectivity index (χ0) is 12.3. The number of nitrogens with zero attached hydrogens (tertiary/aromatic N) is 3. The SMILES string of the molecule is Cc1ncc(CN2CCCCCC2)n1C(C)C. The van der Waals surface area contributed by atoms with Crippen molar-refractivity contribution in [3.63, 3.8) is 0 Å². The molecule has 3 nitrogen and oxygen atoms in total. The molecule has 0 atom stereocenters. The summed E-state index contributed by atoms with van der Waals surface area (Å²) < 4.78 is 2.37. The van der Waals surface area contributed by atoms with Crippen molar-refractivity contribution in [1.29, 1.82) is 0 Å². The predicted molar refractivity (Wildman–Crippen MR) is 71.1 cm³/mol. The van der Waals surface area contributed by atoms with E-state index in [0.717, 1.165) is 12.4 Å². The minimum absolute atomic E-state index is 0.513. The summed E-state index contributed by atoms with van der Waals surface area (Å²) in [4.78, 5) is 7.05. The quantitative estimate of drug-likeness (QED) is 0.802. The van der Waals surface area contributed by atoms with Gasteiger partial charge in [-0.2, -0.15) is 0 Å². The summed E-state index contributed by atoms with van der Waals surface area (Å²) in [5, 5.41) is 0. The lowest BCUT2D eigenvalue weighted by molar-refractivity contribution is 0.267. The first-order valence-corrected chi connectivity index (χ1v) is 6.93. The van der Waals surface area contributed by atoms with Gasteiger partial charge in [0.25, 0.3) is 0 Å². The van der Waals surface area contributed by atoms with E-state index in [0.29, 0.717) is 6.04 Å². The molecule has 0 bridgehead atoms. The molecule has 1 aliphatic heterocycles. The third kappa shape index (κ3) is 3.09. The first-order chi connectivity index (χ1) is 8.18. The molecule has 0 radical (unpaired) electrons. The zero-order valence-corrected chi connectivity index (χ0v) is 11.4. The van der Waals surface area contributed by atoms with E-state index >= 15 is 0 Å². The van der Waals surface area contributed by atoms with Crippen LogP contribution in [-0.4, -0.2) is 27.5 Å². The molecule has 1 aromatic heterocycles. The molecule has 1 saturated heterocycles. The molecule has 1 aliphatic rings. The van der Waals surface area contributed by atoms with Gasteiger partial charge in [0, 0.05) is 18.8 Å². The smallest absolute Gasteiger partial charge is 0.105 e. The van der Waals surface area contributed by atoms with Gasteiger partial charge in [0.05, 0.1) is 5.69 Å². The van der Waals surface area contributed by atoms with Gasteiger partial charge in [-0.05, 0) is 46.7 Å². The molecular weight excluding hydrogens is 210 g/mol. The second kappa shape index (κ2) is 5.67. The molecule has 0 N–H and O–H groups in total. The Morgan fingerprint density at radius 2 is 1.82 bits per heavy atom. The fourth-order valence-corrected chi connectivity index (χ4v) is 2.85. The summed E-state index contributed by atoms with van der Waals surface area (Å²) in [5.41, 5.74) is 1.37. The lowest BCUT2D eigenvalue weighted by Crippen LogP contribution is -2.25. The molecular formula is C14H25N3. The van der Waals surface area contributed by atoms with E-state index in [-0.39, 0.29) is 0 Å². The first-order valence-electron chi connectivity index (χ1n) is 6.93.